The van der Waals surface area contributed by atoms with Crippen LogP contribution in [0.4, 0.5) is 5.13 Å². The van der Waals surface area contributed by atoms with Crippen molar-refractivity contribution >= 4 is 16.5 Å². The van der Waals surface area contributed by atoms with Crippen LogP contribution in [0.1, 0.15) is 11.4 Å². The average molecular weight is 226 g/mol. The van der Waals surface area contributed by atoms with Gasteiger partial charge in [-0.05, 0) is 13.3 Å². The first kappa shape index (κ1) is 9.50. The molecule has 1 aromatic rings. The van der Waals surface area contributed by atoms with E-state index < -0.39 is 0 Å². The molecule has 1 aliphatic carbocycles. The SMILES string of the molecule is Cc1nnc(NC2C(N)C3CCOC32)s1. The highest BCUT2D eigenvalue weighted by Crippen LogP contribution is 2.39. The maximum atomic E-state index is 6.08. The van der Waals surface area contributed by atoms with Gasteiger partial charge in [0, 0.05) is 18.6 Å². The third kappa shape index (κ3) is 1.44. The fourth-order valence-corrected chi connectivity index (χ4v) is 3.06. The number of aromatic nitrogens is 2. The number of rotatable bonds is 2. The van der Waals surface area contributed by atoms with Crippen molar-refractivity contribution in [3.8, 4) is 0 Å². The van der Waals surface area contributed by atoms with Crippen LogP contribution in [0.2, 0.25) is 0 Å². The summed E-state index contributed by atoms with van der Waals surface area (Å²) in [6.45, 7) is 2.79. The fraction of sp³-hybridized carbons (Fsp3) is 0.778. The Balaban J connectivity index is 1.69. The van der Waals surface area contributed by atoms with Crippen molar-refractivity contribution in [1.29, 1.82) is 0 Å². The first-order chi connectivity index (χ1) is 7.25. The van der Waals surface area contributed by atoms with E-state index in [1.165, 1.54) is 0 Å². The summed E-state index contributed by atoms with van der Waals surface area (Å²) in [6, 6.07) is 0.409. The Morgan fingerprint density at radius 2 is 2.40 bits per heavy atom. The van der Waals surface area contributed by atoms with Gasteiger partial charge in [0.1, 0.15) is 5.01 Å². The van der Waals surface area contributed by atoms with Gasteiger partial charge in [0.05, 0.1) is 12.1 Å². The summed E-state index contributed by atoms with van der Waals surface area (Å²) in [6.07, 6.45) is 1.38. The molecule has 1 aliphatic heterocycles. The summed E-state index contributed by atoms with van der Waals surface area (Å²) >= 11 is 1.56. The van der Waals surface area contributed by atoms with E-state index >= 15 is 0 Å². The molecule has 3 rings (SSSR count). The Bertz CT molecular complexity index is 369. The van der Waals surface area contributed by atoms with Gasteiger partial charge in [0.2, 0.25) is 5.13 Å². The van der Waals surface area contributed by atoms with Crippen molar-refractivity contribution in [1.82, 2.24) is 10.2 Å². The highest BCUT2D eigenvalue weighted by Gasteiger charge is 2.52. The zero-order chi connectivity index (χ0) is 10.4. The van der Waals surface area contributed by atoms with Crippen molar-refractivity contribution in [3.63, 3.8) is 0 Å². The van der Waals surface area contributed by atoms with E-state index in [-0.39, 0.29) is 18.2 Å². The van der Waals surface area contributed by atoms with Gasteiger partial charge in [0.15, 0.2) is 0 Å². The molecule has 82 valence electrons. The molecule has 4 unspecified atom stereocenters. The van der Waals surface area contributed by atoms with Gasteiger partial charge in [-0.1, -0.05) is 11.3 Å². The number of anilines is 1. The van der Waals surface area contributed by atoms with Crippen LogP contribution in [0.15, 0.2) is 0 Å². The molecular weight excluding hydrogens is 212 g/mol. The molecule has 0 amide bonds. The number of hydrogen-bond acceptors (Lipinski definition) is 6. The number of nitrogens with one attached hydrogen (secondary N) is 1. The fourth-order valence-electron chi connectivity index (χ4n) is 2.43. The highest BCUT2D eigenvalue weighted by molar-refractivity contribution is 7.15. The van der Waals surface area contributed by atoms with E-state index in [1.54, 1.807) is 11.3 Å². The van der Waals surface area contributed by atoms with Crippen LogP contribution in [0.5, 0.6) is 0 Å². The molecule has 1 aromatic heterocycles. The van der Waals surface area contributed by atoms with Gasteiger partial charge < -0.3 is 15.8 Å². The number of aryl methyl sites for hydroxylation is 1. The first-order valence-electron chi connectivity index (χ1n) is 5.19. The van der Waals surface area contributed by atoms with Gasteiger partial charge in [-0.3, -0.25) is 0 Å². The second-order valence-electron chi connectivity index (χ2n) is 4.16. The lowest BCUT2D eigenvalue weighted by Crippen LogP contribution is -2.65. The molecule has 0 bridgehead atoms. The molecule has 2 aliphatic rings. The maximum Gasteiger partial charge on any atom is 0.206 e. The second kappa shape index (κ2) is 3.40. The van der Waals surface area contributed by atoms with Crippen LogP contribution < -0.4 is 11.1 Å². The van der Waals surface area contributed by atoms with Gasteiger partial charge in [-0.15, -0.1) is 10.2 Å². The molecule has 0 aromatic carbocycles. The van der Waals surface area contributed by atoms with E-state index in [4.69, 9.17) is 10.5 Å². The lowest BCUT2D eigenvalue weighted by atomic mass is 9.72. The molecule has 3 N–H and O–H groups in total. The third-order valence-electron chi connectivity index (χ3n) is 3.26. The largest absolute Gasteiger partial charge is 0.376 e. The van der Waals surface area contributed by atoms with Gasteiger partial charge >= 0.3 is 0 Å². The molecule has 0 radical (unpaired) electrons. The minimum atomic E-state index is 0.196. The zero-order valence-electron chi connectivity index (χ0n) is 8.51. The maximum absolute atomic E-state index is 6.08. The van der Waals surface area contributed by atoms with E-state index in [0.29, 0.717) is 5.92 Å². The lowest BCUT2D eigenvalue weighted by molar-refractivity contribution is 0.00535. The quantitative estimate of drug-likeness (QED) is 0.762. The second-order valence-corrected chi connectivity index (χ2v) is 5.34. The molecular formula is C9H14N4OS. The summed E-state index contributed by atoms with van der Waals surface area (Å²) in [7, 11) is 0. The van der Waals surface area contributed by atoms with Crippen LogP contribution in [0.25, 0.3) is 0 Å². The van der Waals surface area contributed by atoms with E-state index in [9.17, 15) is 0 Å². The molecule has 6 heteroatoms. The van der Waals surface area contributed by atoms with Crippen LogP contribution in [0.3, 0.4) is 0 Å². The number of hydrogen-bond donors (Lipinski definition) is 2. The van der Waals surface area contributed by atoms with E-state index in [1.807, 2.05) is 6.92 Å². The Morgan fingerprint density at radius 1 is 1.53 bits per heavy atom. The van der Waals surface area contributed by atoms with Crippen molar-refractivity contribution < 1.29 is 4.74 Å². The van der Waals surface area contributed by atoms with Gasteiger partial charge in [-0.25, -0.2) is 0 Å². The minimum Gasteiger partial charge on any atom is -0.376 e. The summed E-state index contributed by atoms with van der Waals surface area (Å²) in [5, 5.41) is 13.1. The van der Waals surface area contributed by atoms with E-state index in [2.05, 4.69) is 15.5 Å². The summed E-state index contributed by atoms with van der Waals surface area (Å²) in [5.74, 6) is 0.538. The molecule has 1 saturated heterocycles. The summed E-state index contributed by atoms with van der Waals surface area (Å²) < 4.78 is 5.63. The smallest absolute Gasteiger partial charge is 0.206 e. The number of ether oxygens (including phenoxy) is 1. The zero-order valence-corrected chi connectivity index (χ0v) is 9.33. The first-order valence-corrected chi connectivity index (χ1v) is 6.01. The predicted octanol–water partition coefficient (Wildman–Crippen LogP) is 0.373. The molecule has 15 heavy (non-hydrogen) atoms. The van der Waals surface area contributed by atoms with Crippen molar-refractivity contribution in [2.75, 3.05) is 11.9 Å². The van der Waals surface area contributed by atoms with Crippen molar-refractivity contribution in [2.24, 2.45) is 11.7 Å². The standard InChI is InChI=1S/C9H14N4OS/c1-4-12-13-9(15-4)11-7-6(10)5-2-3-14-8(5)7/h5-8H,2-3,10H2,1H3,(H,11,13). The summed E-state index contributed by atoms with van der Waals surface area (Å²) in [5.41, 5.74) is 6.08. The van der Waals surface area contributed by atoms with E-state index in [0.717, 1.165) is 23.2 Å². The molecule has 1 saturated carbocycles. The van der Waals surface area contributed by atoms with Crippen LogP contribution in [-0.2, 0) is 4.74 Å². The van der Waals surface area contributed by atoms with Crippen molar-refractivity contribution in [3.05, 3.63) is 5.01 Å². The van der Waals surface area contributed by atoms with Crippen LogP contribution in [-0.4, -0.2) is 35.0 Å². The molecule has 2 heterocycles. The average Bonchev–Trinajstić information content (AvgIpc) is 2.80. The van der Waals surface area contributed by atoms with Crippen LogP contribution >= 0.6 is 11.3 Å². The number of nitrogens with two attached hydrogens (primary N) is 1. The Kier molecular flexibility index (Phi) is 2.15. The Hall–Kier alpha value is -0.720. The third-order valence-corrected chi connectivity index (χ3v) is 4.03. The topological polar surface area (TPSA) is 73.1 Å². The Labute approximate surface area is 92.0 Å². The minimum absolute atomic E-state index is 0.196. The monoisotopic (exact) mass is 226 g/mol. The summed E-state index contributed by atoms with van der Waals surface area (Å²) in [4.78, 5) is 0. The highest BCUT2D eigenvalue weighted by atomic mass is 32.1. The van der Waals surface area contributed by atoms with Crippen molar-refractivity contribution in [2.45, 2.75) is 31.5 Å². The lowest BCUT2D eigenvalue weighted by Gasteiger charge is -2.45. The molecule has 0 spiro atoms. The number of nitrogens with zero attached hydrogens (tertiary/aromatic N) is 2. The van der Waals surface area contributed by atoms with Crippen LogP contribution in [0, 0.1) is 12.8 Å². The van der Waals surface area contributed by atoms with Gasteiger partial charge in [0.25, 0.3) is 0 Å². The predicted molar refractivity (Wildman–Crippen MR) is 57.9 cm³/mol. The Morgan fingerprint density at radius 3 is 3.13 bits per heavy atom. The molecule has 5 nitrogen and oxygen atoms in total. The molecule has 2 fully saturated rings. The van der Waals surface area contributed by atoms with Gasteiger partial charge in [-0.2, -0.15) is 0 Å². The molecule has 4 atom stereocenters. The normalized spacial score (nSPS) is 38.5. The number of fused-ring (bicyclic) bond motifs is 1.